The molecule has 6 nitrogen and oxygen atoms in total. The first-order valence-corrected chi connectivity index (χ1v) is 10.2. The van der Waals surface area contributed by atoms with Crippen LogP contribution in [0.3, 0.4) is 0 Å². The van der Waals surface area contributed by atoms with Gasteiger partial charge in [-0.3, -0.25) is 14.4 Å². The number of aliphatic carboxylic acids is 1. The van der Waals surface area contributed by atoms with E-state index in [0.717, 1.165) is 3.57 Å². The molecule has 1 aromatic carbocycles. The third-order valence-corrected chi connectivity index (χ3v) is 6.49. The Hall–Kier alpha value is -1.32. The topological polar surface area (TPSA) is 86.7 Å². The van der Waals surface area contributed by atoms with Gasteiger partial charge in [-0.25, -0.2) is 0 Å². The van der Waals surface area contributed by atoms with Crippen molar-refractivity contribution in [3.05, 3.63) is 37.4 Å². The minimum absolute atomic E-state index is 0.168. The third-order valence-electron chi connectivity index (χ3n) is 4.38. The van der Waals surface area contributed by atoms with Crippen LogP contribution in [-0.4, -0.2) is 46.9 Å². The number of amides is 2. The van der Waals surface area contributed by atoms with Gasteiger partial charge in [0.2, 0.25) is 11.8 Å². The Morgan fingerprint density at radius 2 is 1.89 bits per heavy atom. The summed E-state index contributed by atoms with van der Waals surface area (Å²) in [7, 11) is 0. The molecular weight excluding hydrogens is 506 g/mol. The highest BCUT2D eigenvalue weighted by atomic mass is 127. The van der Waals surface area contributed by atoms with E-state index >= 15 is 0 Å². The summed E-state index contributed by atoms with van der Waals surface area (Å²) in [6.45, 7) is 2.29. The quantitative estimate of drug-likeness (QED) is 0.351. The van der Waals surface area contributed by atoms with Crippen molar-refractivity contribution in [3.63, 3.8) is 0 Å². The maximum atomic E-state index is 12.4. The maximum absolute atomic E-state index is 12.4. The largest absolute Gasteiger partial charge is 0.480 e. The van der Waals surface area contributed by atoms with Gasteiger partial charge in [0, 0.05) is 28.7 Å². The summed E-state index contributed by atoms with van der Waals surface area (Å²) in [4.78, 5) is 36.9. The van der Waals surface area contributed by atoms with E-state index in [1.54, 1.807) is 17.0 Å². The molecule has 1 fully saturated rings. The average Bonchev–Trinajstić information content (AvgIpc) is 2.65. The first kappa shape index (κ1) is 22.0. The van der Waals surface area contributed by atoms with Crippen molar-refractivity contribution in [3.8, 4) is 0 Å². The molecule has 1 atom stereocenters. The highest BCUT2D eigenvalue weighted by molar-refractivity contribution is 14.1. The number of carbonyl (C=O) groups is 3. The lowest BCUT2D eigenvalue weighted by Gasteiger charge is -2.31. The average molecular weight is 525 g/mol. The van der Waals surface area contributed by atoms with Gasteiger partial charge in [0.1, 0.15) is 6.04 Å². The fraction of sp³-hybridized carbons (Fsp3) is 0.389. The van der Waals surface area contributed by atoms with E-state index in [1.165, 1.54) is 13.0 Å². The predicted octanol–water partition coefficient (Wildman–Crippen LogP) is 3.44. The molecule has 1 saturated heterocycles. The number of carboxylic acids is 1. The van der Waals surface area contributed by atoms with Gasteiger partial charge in [0.05, 0.1) is 10.0 Å². The van der Waals surface area contributed by atoms with E-state index in [4.69, 9.17) is 28.3 Å². The molecule has 9 heteroatoms. The van der Waals surface area contributed by atoms with Gasteiger partial charge in [-0.05, 0) is 60.1 Å². The minimum Gasteiger partial charge on any atom is -0.480 e. The summed E-state index contributed by atoms with van der Waals surface area (Å²) < 4.78 is 0.834. The van der Waals surface area contributed by atoms with Crippen molar-refractivity contribution >= 4 is 69.7 Å². The van der Waals surface area contributed by atoms with Gasteiger partial charge in [0.15, 0.2) is 0 Å². The van der Waals surface area contributed by atoms with Crippen molar-refractivity contribution in [2.45, 2.75) is 25.8 Å². The van der Waals surface area contributed by atoms with E-state index < -0.39 is 12.0 Å². The van der Waals surface area contributed by atoms with Crippen LogP contribution in [-0.2, 0) is 14.4 Å². The van der Waals surface area contributed by atoms with E-state index in [1.807, 2.05) is 6.07 Å². The van der Waals surface area contributed by atoms with Crippen LogP contribution in [0.1, 0.15) is 25.3 Å². The number of likely N-dealkylation sites (tertiary alicyclic amines) is 1. The van der Waals surface area contributed by atoms with Crippen LogP contribution in [0.25, 0.3) is 6.08 Å². The summed E-state index contributed by atoms with van der Waals surface area (Å²) in [6, 6.07) is 2.69. The van der Waals surface area contributed by atoms with Crippen molar-refractivity contribution < 1.29 is 19.5 Å². The summed E-state index contributed by atoms with van der Waals surface area (Å²) in [5, 5.41) is 12.2. The van der Waals surface area contributed by atoms with Crippen LogP contribution in [0.2, 0.25) is 10.0 Å². The number of nitrogens with zero attached hydrogens (tertiary/aromatic N) is 1. The lowest BCUT2D eigenvalue weighted by atomic mass is 9.95. The third kappa shape index (κ3) is 5.83. The first-order chi connectivity index (χ1) is 12.7. The van der Waals surface area contributed by atoms with Crippen molar-refractivity contribution in [2.24, 2.45) is 5.92 Å². The molecule has 2 N–H and O–H groups in total. The van der Waals surface area contributed by atoms with Crippen LogP contribution >= 0.6 is 45.8 Å². The number of rotatable bonds is 5. The molecule has 1 unspecified atom stereocenters. The van der Waals surface area contributed by atoms with Gasteiger partial charge in [-0.1, -0.05) is 29.3 Å². The second kappa shape index (κ2) is 9.75. The van der Waals surface area contributed by atoms with Gasteiger partial charge >= 0.3 is 5.97 Å². The summed E-state index contributed by atoms with van der Waals surface area (Å²) >= 11 is 14.4. The normalized spacial score (nSPS) is 16.4. The van der Waals surface area contributed by atoms with Crippen LogP contribution < -0.4 is 5.32 Å². The molecule has 27 heavy (non-hydrogen) atoms. The molecule has 2 rings (SSSR count). The summed E-state index contributed by atoms with van der Waals surface area (Å²) in [5.74, 6) is -1.81. The number of hydrogen-bond acceptors (Lipinski definition) is 3. The zero-order valence-corrected chi connectivity index (χ0v) is 18.2. The molecular formula is C18H19Cl2IN2O4. The molecule has 0 spiro atoms. The molecule has 0 saturated carbocycles. The Balaban J connectivity index is 1.90. The Kier molecular flexibility index (Phi) is 7.93. The van der Waals surface area contributed by atoms with E-state index in [-0.39, 0.29) is 17.7 Å². The van der Waals surface area contributed by atoms with E-state index in [9.17, 15) is 14.4 Å². The lowest BCUT2D eigenvalue weighted by Crippen LogP contribution is -2.46. The molecule has 0 bridgehead atoms. The number of benzene rings is 1. The molecule has 0 aromatic heterocycles. The number of hydrogen-bond donors (Lipinski definition) is 2. The van der Waals surface area contributed by atoms with E-state index in [2.05, 4.69) is 27.9 Å². The number of carboxylic acid groups (broad SMARTS) is 1. The van der Waals surface area contributed by atoms with Gasteiger partial charge in [0.25, 0.3) is 0 Å². The maximum Gasteiger partial charge on any atom is 0.325 e. The standard InChI is InChI=1S/C18H19Cl2IN2O4/c1-10(18(26)27)22-17(25)12-6-8-23(9-7-12)14(24)5-3-11-2-4-13(21)16(20)15(11)19/h2-5,10,12H,6-9H2,1H3,(H,22,25)(H,26,27)/b5-3+. The molecule has 1 aromatic rings. The van der Waals surface area contributed by atoms with Gasteiger partial charge in [-0.15, -0.1) is 0 Å². The van der Waals surface area contributed by atoms with Crippen LogP contribution in [0.15, 0.2) is 18.2 Å². The molecule has 1 heterocycles. The Labute approximate surface area is 181 Å². The fourth-order valence-electron chi connectivity index (χ4n) is 2.69. The van der Waals surface area contributed by atoms with Crippen LogP contribution in [0, 0.1) is 9.49 Å². The SMILES string of the molecule is CC(NC(=O)C1CCN(C(=O)/C=C/c2ccc(I)c(Cl)c2Cl)CC1)C(=O)O. The summed E-state index contributed by atoms with van der Waals surface area (Å²) in [6.07, 6.45) is 4.05. The number of nitrogens with one attached hydrogen (secondary N) is 1. The highest BCUT2D eigenvalue weighted by Gasteiger charge is 2.28. The van der Waals surface area contributed by atoms with Crippen LogP contribution in [0.4, 0.5) is 0 Å². The van der Waals surface area contributed by atoms with E-state index in [0.29, 0.717) is 41.5 Å². The van der Waals surface area contributed by atoms with Crippen LogP contribution in [0.5, 0.6) is 0 Å². The fourth-order valence-corrected chi connectivity index (χ4v) is 3.70. The molecule has 2 amide bonds. The molecule has 1 aliphatic rings. The molecule has 0 radical (unpaired) electrons. The first-order valence-electron chi connectivity index (χ1n) is 8.34. The van der Waals surface area contributed by atoms with Gasteiger partial charge < -0.3 is 15.3 Å². The second-order valence-electron chi connectivity index (χ2n) is 6.27. The number of halogens is 3. The minimum atomic E-state index is -1.07. The van der Waals surface area contributed by atoms with Crippen molar-refractivity contribution in [1.29, 1.82) is 0 Å². The molecule has 0 aliphatic carbocycles. The Morgan fingerprint density at radius 3 is 2.48 bits per heavy atom. The van der Waals surface area contributed by atoms with Crippen molar-refractivity contribution in [2.75, 3.05) is 13.1 Å². The number of piperidine rings is 1. The zero-order chi connectivity index (χ0) is 20.1. The zero-order valence-electron chi connectivity index (χ0n) is 14.5. The van der Waals surface area contributed by atoms with Gasteiger partial charge in [-0.2, -0.15) is 0 Å². The Bertz CT molecular complexity index is 777. The molecule has 1 aliphatic heterocycles. The monoisotopic (exact) mass is 524 g/mol. The highest BCUT2D eigenvalue weighted by Crippen LogP contribution is 2.31. The second-order valence-corrected chi connectivity index (χ2v) is 8.18. The Morgan fingerprint density at radius 1 is 1.26 bits per heavy atom. The van der Waals surface area contributed by atoms with Crippen molar-refractivity contribution in [1.82, 2.24) is 10.2 Å². The number of carbonyl (C=O) groups excluding carboxylic acids is 2. The molecule has 146 valence electrons. The lowest BCUT2D eigenvalue weighted by molar-refractivity contribution is -0.142. The predicted molar refractivity (Wildman–Crippen MR) is 113 cm³/mol. The summed E-state index contributed by atoms with van der Waals surface area (Å²) in [5.41, 5.74) is 0.660. The smallest absolute Gasteiger partial charge is 0.325 e.